The predicted octanol–water partition coefficient (Wildman–Crippen LogP) is 0.818. The highest BCUT2D eigenvalue weighted by molar-refractivity contribution is 5.86. The molecule has 1 aliphatic heterocycles. The Morgan fingerprint density at radius 3 is 2.39 bits per heavy atom. The van der Waals surface area contributed by atoms with Gasteiger partial charge in [0.2, 0.25) is 5.91 Å². The molecule has 1 aliphatic rings. The maximum atomic E-state index is 11.9. The summed E-state index contributed by atoms with van der Waals surface area (Å²) in [6, 6.07) is 0.332. The van der Waals surface area contributed by atoms with Crippen molar-refractivity contribution in [3.05, 3.63) is 0 Å². The molecule has 0 aromatic rings. The van der Waals surface area contributed by atoms with E-state index in [2.05, 4.69) is 36.4 Å². The maximum Gasteiger partial charge on any atom is 0.241 e. The molecule has 0 radical (unpaired) electrons. The number of nitrogens with one attached hydrogen (secondary N) is 2. The molecule has 1 saturated heterocycles. The van der Waals surface area contributed by atoms with Crippen LogP contribution in [0.5, 0.6) is 0 Å². The largest absolute Gasteiger partial charge is 0.354 e. The van der Waals surface area contributed by atoms with Gasteiger partial charge in [-0.25, -0.2) is 0 Å². The lowest BCUT2D eigenvalue weighted by Gasteiger charge is -2.21. The molecule has 0 aromatic heterocycles. The number of aliphatic imine (C=N–C) groups is 1. The number of carbonyl (C=O) groups is 1. The van der Waals surface area contributed by atoms with Gasteiger partial charge in [0.1, 0.15) is 0 Å². The van der Waals surface area contributed by atoms with Gasteiger partial charge in [0, 0.05) is 26.2 Å². The lowest BCUT2D eigenvalue weighted by Crippen LogP contribution is -2.47. The first-order valence-electron chi connectivity index (χ1n) is 6.79. The molecule has 1 fully saturated rings. The highest BCUT2D eigenvalue weighted by atomic mass is 16.2. The third-order valence-electron chi connectivity index (χ3n) is 3.45. The second-order valence-corrected chi connectivity index (χ2v) is 5.19. The second kappa shape index (κ2) is 7.24. The molecular weight excluding hydrogens is 228 g/mol. The van der Waals surface area contributed by atoms with Gasteiger partial charge in [-0.15, -0.1) is 0 Å². The molecule has 0 aliphatic carbocycles. The summed E-state index contributed by atoms with van der Waals surface area (Å²) in [7, 11) is 1.72. The molecular formula is C13H26N4O. The summed E-state index contributed by atoms with van der Waals surface area (Å²) >= 11 is 0. The van der Waals surface area contributed by atoms with E-state index in [1.807, 2.05) is 4.90 Å². The fraction of sp³-hybridized carbons (Fsp3) is 0.846. The van der Waals surface area contributed by atoms with Crippen LogP contribution >= 0.6 is 0 Å². The zero-order valence-corrected chi connectivity index (χ0v) is 12.0. The Morgan fingerprint density at radius 1 is 1.28 bits per heavy atom. The Morgan fingerprint density at radius 2 is 1.89 bits per heavy atom. The molecule has 18 heavy (non-hydrogen) atoms. The van der Waals surface area contributed by atoms with E-state index in [0.717, 1.165) is 25.9 Å². The van der Waals surface area contributed by atoms with E-state index in [0.29, 0.717) is 24.5 Å². The van der Waals surface area contributed by atoms with E-state index in [1.54, 1.807) is 7.05 Å². The van der Waals surface area contributed by atoms with Crippen LogP contribution in [0.25, 0.3) is 0 Å². The molecule has 5 heteroatoms. The molecule has 1 heterocycles. The highest BCUT2D eigenvalue weighted by Crippen LogP contribution is 2.06. The molecule has 2 N–H and O–H groups in total. The number of rotatable bonds is 4. The number of carbonyl (C=O) groups excluding carboxylic acids is 1. The molecule has 1 rings (SSSR count). The summed E-state index contributed by atoms with van der Waals surface area (Å²) < 4.78 is 0. The highest BCUT2D eigenvalue weighted by Gasteiger charge is 2.18. The van der Waals surface area contributed by atoms with Crippen LogP contribution in [0.15, 0.2) is 4.99 Å². The van der Waals surface area contributed by atoms with Crippen molar-refractivity contribution < 1.29 is 4.79 Å². The first-order valence-corrected chi connectivity index (χ1v) is 6.79. The minimum absolute atomic E-state index is 0.160. The van der Waals surface area contributed by atoms with E-state index < -0.39 is 0 Å². The quantitative estimate of drug-likeness (QED) is 0.577. The maximum absolute atomic E-state index is 11.9. The molecule has 0 saturated carbocycles. The Labute approximate surface area is 110 Å². The van der Waals surface area contributed by atoms with Crippen molar-refractivity contribution in [2.75, 3.05) is 26.7 Å². The average molecular weight is 254 g/mol. The van der Waals surface area contributed by atoms with Crippen LogP contribution in [0.1, 0.15) is 33.6 Å². The van der Waals surface area contributed by atoms with Crippen molar-refractivity contribution >= 4 is 11.9 Å². The van der Waals surface area contributed by atoms with Crippen molar-refractivity contribution in [3.63, 3.8) is 0 Å². The summed E-state index contributed by atoms with van der Waals surface area (Å²) in [5, 5.41) is 6.36. The van der Waals surface area contributed by atoms with Gasteiger partial charge in [0.15, 0.2) is 5.96 Å². The van der Waals surface area contributed by atoms with Crippen LogP contribution in [0.2, 0.25) is 0 Å². The van der Waals surface area contributed by atoms with Crippen LogP contribution in [0, 0.1) is 5.92 Å². The topological polar surface area (TPSA) is 56.7 Å². The minimum Gasteiger partial charge on any atom is -0.354 e. The van der Waals surface area contributed by atoms with Crippen molar-refractivity contribution in [1.82, 2.24) is 15.5 Å². The molecule has 1 atom stereocenters. The van der Waals surface area contributed by atoms with Crippen molar-refractivity contribution in [1.29, 1.82) is 0 Å². The van der Waals surface area contributed by atoms with Crippen LogP contribution in [0.3, 0.4) is 0 Å². The zero-order valence-electron chi connectivity index (χ0n) is 12.0. The Bertz CT molecular complexity index is 295. The third-order valence-corrected chi connectivity index (χ3v) is 3.45. The van der Waals surface area contributed by atoms with Gasteiger partial charge in [-0.3, -0.25) is 9.79 Å². The van der Waals surface area contributed by atoms with Crippen molar-refractivity contribution in [2.24, 2.45) is 10.9 Å². The first-order chi connectivity index (χ1) is 8.54. The first kappa shape index (κ1) is 14.8. The van der Waals surface area contributed by atoms with E-state index in [-0.39, 0.29) is 5.91 Å². The molecule has 5 nitrogen and oxygen atoms in total. The summed E-state index contributed by atoms with van der Waals surface area (Å²) in [4.78, 5) is 17.9. The van der Waals surface area contributed by atoms with Crippen LogP contribution in [0.4, 0.5) is 0 Å². The summed E-state index contributed by atoms with van der Waals surface area (Å²) in [5.41, 5.74) is 0. The van der Waals surface area contributed by atoms with Crippen molar-refractivity contribution in [3.8, 4) is 0 Å². The predicted molar refractivity (Wildman–Crippen MR) is 74.6 cm³/mol. The number of nitrogens with zero attached hydrogens (tertiary/aromatic N) is 2. The van der Waals surface area contributed by atoms with E-state index in [9.17, 15) is 4.79 Å². The minimum atomic E-state index is 0.160. The van der Waals surface area contributed by atoms with Crippen LogP contribution < -0.4 is 10.6 Å². The Kier molecular flexibility index (Phi) is 5.95. The molecule has 0 aromatic carbocycles. The van der Waals surface area contributed by atoms with Gasteiger partial charge < -0.3 is 15.5 Å². The fourth-order valence-electron chi connectivity index (χ4n) is 1.81. The Hall–Kier alpha value is -1.26. The summed E-state index contributed by atoms with van der Waals surface area (Å²) in [5.74, 6) is 1.38. The lowest BCUT2D eigenvalue weighted by atomic mass is 10.1. The fourth-order valence-corrected chi connectivity index (χ4v) is 1.81. The standard InChI is InChI=1S/C13H26N4O/c1-10(2)11(3)16-13(14-4)15-9-12(18)17-7-5-6-8-17/h10-11H,5-9H2,1-4H3,(H2,14,15,16). The van der Waals surface area contributed by atoms with Gasteiger partial charge in [0.05, 0.1) is 6.54 Å². The number of hydrogen-bond donors (Lipinski definition) is 2. The number of likely N-dealkylation sites (tertiary alicyclic amines) is 1. The average Bonchev–Trinajstić information content (AvgIpc) is 2.87. The SMILES string of the molecule is CN=C(NCC(=O)N1CCCC1)NC(C)C(C)C. The summed E-state index contributed by atoms with van der Waals surface area (Å²) in [6.45, 7) is 8.54. The molecule has 0 bridgehead atoms. The number of hydrogen-bond acceptors (Lipinski definition) is 2. The van der Waals surface area contributed by atoms with E-state index in [1.165, 1.54) is 0 Å². The molecule has 104 valence electrons. The zero-order chi connectivity index (χ0) is 13.5. The number of amides is 1. The normalized spacial score (nSPS) is 18.1. The van der Waals surface area contributed by atoms with Crippen LogP contribution in [-0.4, -0.2) is 49.5 Å². The van der Waals surface area contributed by atoms with Gasteiger partial charge >= 0.3 is 0 Å². The van der Waals surface area contributed by atoms with Gasteiger partial charge in [-0.1, -0.05) is 13.8 Å². The molecule has 1 unspecified atom stereocenters. The van der Waals surface area contributed by atoms with Gasteiger partial charge in [-0.2, -0.15) is 0 Å². The molecule has 0 spiro atoms. The smallest absolute Gasteiger partial charge is 0.241 e. The van der Waals surface area contributed by atoms with Crippen LogP contribution in [-0.2, 0) is 4.79 Å². The van der Waals surface area contributed by atoms with E-state index >= 15 is 0 Å². The summed E-state index contributed by atoms with van der Waals surface area (Å²) in [6.07, 6.45) is 2.26. The lowest BCUT2D eigenvalue weighted by molar-refractivity contribution is -0.128. The van der Waals surface area contributed by atoms with Gasteiger partial charge in [-0.05, 0) is 25.7 Å². The van der Waals surface area contributed by atoms with Crippen molar-refractivity contribution in [2.45, 2.75) is 39.7 Å². The van der Waals surface area contributed by atoms with Gasteiger partial charge in [0.25, 0.3) is 0 Å². The monoisotopic (exact) mass is 254 g/mol. The Balaban J connectivity index is 2.33. The van der Waals surface area contributed by atoms with E-state index in [4.69, 9.17) is 0 Å². The third kappa shape index (κ3) is 4.55. The molecule has 1 amide bonds. The number of guanidine groups is 1. The second-order valence-electron chi connectivity index (χ2n) is 5.19.